The van der Waals surface area contributed by atoms with Crippen molar-refractivity contribution >= 4 is 22.3 Å². The normalized spacial score (nSPS) is 10.2. The predicted molar refractivity (Wildman–Crippen MR) is 59.8 cm³/mol. The van der Waals surface area contributed by atoms with Crippen molar-refractivity contribution in [3.05, 3.63) is 30.2 Å². The van der Waals surface area contributed by atoms with Gasteiger partial charge in [-0.05, 0) is 17.7 Å². The first-order valence-electron chi connectivity index (χ1n) is 4.36. The molecule has 0 aliphatic rings. The number of pyridine rings is 1. The van der Waals surface area contributed by atoms with Crippen LogP contribution in [0.5, 0.6) is 0 Å². The number of hydrogen-bond donors (Lipinski definition) is 1. The molecule has 2 heterocycles. The Kier molecular flexibility index (Phi) is 2.47. The first kappa shape index (κ1) is 9.79. The summed E-state index contributed by atoms with van der Waals surface area (Å²) in [6, 6.07) is 3.67. The lowest BCUT2D eigenvalue weighted by molar-refractivity contribution is 0.101. The lowest BCUT2D eigenvalue weighted by Crippen LogP contribution is -1.95. The Hall–Kier alpha value is -1.75. The van der Waals surface area contributed by atoms with Crippen molar-refractivity contribution in [3.63, 3.8) is 0 Å². The maximum absolute atomic E-state index is 11.3. The summed E-state index contributed by atoms with van der Waals surface area (Å²) in [5.74, 6) is -0.0743. The molecular weight excluding hydrogens is 210 g/mol. The van der Waals surface area contributed by atoms with Crippen LogP contribution in [0.4, 0.5) is 5.13 Å². The van der Waals surface area contributed by atoms with E-state index in [1.807, 2.05) is 12.1 Å². The van der Waals surface area contributed by atoms with Gasteiger partial charge in [0.1, 0.15) is 5.69 Å². The van der Waals surface area contributed by atoms with Crippen molar-refractivity contribution in [2.45, 2.75) is 6.92 Å². The summed E-state index contributed by atoms with van der Waals surface area (Å²) in [6.45, 7) is 1.49. The van der Waals surface area contributed by atoms with Gasteiger partial charge in [0.2, 0.25) is 0 Å². The topological polar surface area (TPSA) is 68.9 Å². The number of nitrogen functional groups attached to an aromatic ring is 1. The number of carbonyl (C=O) groups excluding carboxylic acids is 1. The van der Waals surface area contributed by atoms with Gasteiger partial charge in [-0.15, -0.1) is 0 Å². The molecule has 0 saturated heterocycles. The van der Waals surface area contributed by atoms with Gasteiger partial charge in [-0.2, -0.15) is 0 Å². The Morgan fingerprint density at radius 3 is 2.67 bits per heavy atom. The zero-order valence-electron chi connectivity index (χ0n) is 8.10. The van der Waals surface area contributed by atoms with Gasteiger partial charge in [-0.3, -0.25) is 9.78 Å². The van der Waals surface area contributed by atoms with E-state index in [1.165, 1.54) is 18.3 Å². The minimum atomic E-state index is -0.0743. The molecule has 0 bridgehead atoms. The molecule has 0 amide bonds. The van der Waals surface area contributed by atoms with Gasteiger partial charge in [0.25, 0.3) is 0 Å². The smallest absolute Gasteiger partial charge is 0.181 e. The molecule has 2 aromatic heterocycles. The van der Waals surface area contributed by atoms with Crippen LogP contribution in [-0.4, -0.2) is 15.8 Å². The molecular formula is C10H9N3OS. The fraction of sp³-hybridized carbons (Fsp3) is 0.100. The molecule has 0 fully saturated rings. The highest BCUT2D eigenvalue weighted by atomic mass is 32.1. The van der Waals surface area contributed by atoms with E-state index in [2.05, 4.69) is 9.97 Å². The summed E-state index contributed by atoms with van der Waals surface area (Å²) in [4.78, 5) is 20.1. The van der Waals surface area contributed by atoms with Crippen LogP contribution in [0.25, 0.3) is 10.4 Å². The molecule has 0 saturated carbocycles. The van der Waals surface area contributed by atoms with Crippen molar-refractivity contribution in [1.82, 2.24) is 9.97 Å². The fourth-order valence-corrected chi connectivity index (χ4v) is 2.16. The second-order valence-corrected chi connectivity index (χ2v) is 4.05. The number of nitrogens with zero attached hydrogens (tertiary/aromatic N) is 2. The SMILES string of the molecule is CC(=O)c1nc(N)sc1-c1ccncc1. The monoisotopic (exact) mass is 219 g/mol. The second-order valence-electron chi connectivity index (χ2n) is 3.02. The number of aromatic nitrogens is 2. The van der Waals surface area contributed by atoms with Crippen LogP contribution in [0, 0.1) is 0 Å². The van der Waals surface area contributed by atoms with Crippen molar-refractivity contribution < 1.29 is 4.79 Å². The molecule has 2 aromatic rings. The van der Waals surface area contributed by atoms with Gasteiger partial charge in [0.15, 0.2) is 10.9 Å². The van der Waals surface area contributed by atoms with Gasteiger partial charge in [0, 0.05) is 19.3 Å². The van der Waals surface area contributed by atoms with E-state index in [4.69, 9.17) is 5.73 Å². The van der Waals surface area contributed by atoms with Gasteiger partial charge in [0.05, 0.1) is 4.88 Å². The number of rotatable bonds is 2. The van der Waals surface area contributed by atoms with Crippen molar-refractivity contribution in [2.75, 3.05) is 5.73 Å². The predicted octanol–water partition coefficient (Wildman–Crippen LogP) is 1.99. The lowest BCUT2D eigenvalue weighted by Gasteiger charge is -1.97. The van der Waals surface area contributed by atoms with Crippen LogP contribution in [0.2, 0.25) is 0 Å². The highest BCUT2D eigenvalue weighted by Gasteiger charge is 2.14. The molecule has 0 aromatic carbocycles. The Morgan fingerprint density at radius 1 is 1.40 bits per heavy atom. The third-order valence-electron chi connectivity index (χ3n) is 1.92. The largest absolute Gasteiger partial charge is 0.375 e. The van der Waals surface area contributed by atoms with E-state index in [-0.39, 0.29) is 5.78 Å². The minimum absolute atomic E-state index is 0.0743. The number of anilines is 1. The van der Waals surface area contributed by atoms with Crippen LogP contribution in [-0.2, 0) is 0 Å². The summed E-state index contributed by atoms with van der Waals surface area (Å²) in [6.07, 6.45) is 3.35. The van der Waals surface area contributed by atoms with Gasteiger partial charge < -0.3 is 5.73 Å². The number of nitrogens with two attached hydrogens (primary N) is 1. The number of thiazole rings is 1. The lowest BCUT2D eigenvalue weighted by atomic mass is 10.1. The zero-order valence-corrected chi connectivity index (χ0v) is 8.91. The first-order valence-corrected chi connectivity index (χ1v) is 5.18. The van der Waals surface area contributed by atoms with Gasteiger partial charge >= 0.3 is 0 Å². The quantitative estimate of drug-likeness (QED) is 0.784. The summed E-state index contributed by atoms with van der Waals surface area (Å²) in [7, 11) is 0. The van der Waals surface area contributed by atoms with Crippen LogP contribution in [0.3, 0.4) is 0 Å². The summed E-state index contributed by atoms with van der Waals surface area (Å²) < 4.78 is 0. The van der Waals surface area contributed by atoms with Crippen LogP contribution < -0.4 is 5.73 Å². The third-order valence-corrected chi connectivity index (χ3v) is 2.85. The highest BCUT2D eigenvalue weighted by Crippen LogP contribution is 2.31. The van der Waals surface area contributed by atoms with E-state index in [0.29, 0.717) is 10.8 Å². The Balaban J connectivity index is 2.58. The molecule has 0 radical (unpaired) electrons. The molecule has 0 aliphatic carbocycles. The maximum Gasteiger partial charge on any atom is 0.181 e. The maximum atomic E-state index is 11.3. The van der Waals surface area contributed by atoms with E-state index < -0.39 is 0 Å². The Bertz CT molecular complexity index is 493. The number of ketones is 1. The standard InChI is InChI=1S/C10H9N3OS/c1-6(14)8-9(15-10(11)13-8)7-2-4-12-5-3-7/h2-5H,1H3,(H2,11,13). The third kappa shape index (κ3) is 1.87. The molecule has 0 spiro atoms. The average Bonchev–Trinajstić information content (AvgIpc) is 2.62. The van der Waals surface area contributed by atoms with Crippen LogP contribution in [0.15, 0.2) is 24.5 Å². The summed E-state index contributed by atoms with van der Waals surface area (Å²) >= 11 is 1.31. The van der Waals surface area contributed by atoms with E-state index in [0.717, 1.165) is 10.4 Å². The van der Waals surface area contributed by atoms with Crippen LogP contribution in [0.1, 0.15) is 17.4 Å². The highest BCUT2D eigenvalue weighted by molar-refractivity contribution is 7.19. The molecule has 15 heavy (non-hydrogen) atoms. The average molecular weight is 219 g/mol. The molecule has 76 valence electrons. The molecule has 2 rings (SSSR count). The minimum Gasteiger partial charge on any atom is -0.375 e. The van der Waals surface area contributed by atoms with E-state index >= 15 is 0 Å². The first-order chi connectivity index (χ1) is 7.18. The Morgan fingerprint density at radius 2 is 2.07 bits per heavy atom. The van der Waals surface area contributed by atoms with Crippen molar-refractivity contribution in [3.8, 4) is 10.4 Å². The molecule has 0 unspecified atom stereocenters. The number of Topliss-reactive ketones (excluding diaryl/α,β-unsaturated/α-hetero) is 1. The second kappa shape index (κ2) is 3.78. The van der Waals surface area contributed by atoms with E-state index in [9.17, 15) is 4.79 Å². The van der Waals surface area contributed by atoms with Gasteiger partial charge in [-0.25, -0.2) is 4.98 Å². The molecule has 4 nitrogen and oxygen atoms in total. The summed E-state index contributed by atoms with van der Waals surface area (Å²) in [5.41, 5.74) is 6.95. The molecule has 2 N–H and O–H groups in total. The molecule has 0 aliphatic heterocycles. The van der Waals surface area contributed by atoms with Crippen LogP contribution >= 0.6 is 11.3 Å². The summed E-state index contributed by atoms with van der Waals surface area (Å²) in [5, 5.41) is 0.409. The molecule has 5 heteroatoms. The molecule has 0 atom stereocenters. The van der Waals surface area contributed by atoms with Crippen molar-refractivity contribution in [2.24, 2.45) is 0 Å². The Labute approximate surface area is 90.8 Å². The number of hydrogen-bond acceptors (Lipinski definition) is 5. The van der Waals surface area contributed by atoms with Gasteiger partial charge in [-0.1, -0.05) is 11.3 Å². The van der Waals surface area contributed by atoms with E-state index in [1.54, 1.807) is 12.4 Å². The number of carbonyl (C=O) groups is 1. The fourth-order valence-electron chi connectivity index (χ4n) is 1.27. The van der Waals surface area contributed by atoms with Crippen molar-refractivity contribution in [1.29, 1.82) is 0 Å². The zero-order chi connectivity index (χ0) is 10.8.